The van der Waals surface area contributed by atoms with Gasteiger partial charge in [0.15, 0.2) is 11.6 Å². The molecule has 0 unspecified atom stereocenters. The first-order valence-electron chi connectivity index (χ1n) is 21.4. The predicted molar refractivity (Wildman–Crippen MR) is 259 cm³/mol. The molecule has 0 saturated carbocycles. The van der Waals surface area contributed by atoms with Crippen LogP contribution in [0.5, 0.6) is 0 Å². The molecule has 62 heavy (non-hydrogen) atoms. The number of nitrogens with zero attached hydrogens (tertiary/aromatic N) is 4. The maximum atomic E-state index is 5.37. The Balaban J connectivity index is 1.27. The van der Waals surface area contributed by atoms with Gasteiger partial charge in [0.2, 0.25) is 5.95 Å². The average Bonchev–Trinajstić information content (AvgIpc) is 3.29. The number of benzene rings is 8. The molecule has 0 aliphatic heterocycles. The first kappa shape index (κ1) is 40.0. The third-order valence-electron chi connectivity index (χ3n) is 11.9. The summed E-state index contributed by atoms with van der Waals surface area (Å²) in [7, 11) is 0. The molecule has 8 aromatic carbocycles. The van der Waals surface area contributed by atoms with E-state index >= 15 is 0 Å². The Morgan fingerprint density at radius 2 is 0.823 bits per heavy atom. The van der Waals surface area contributed by atoms with Crippen LogP contribution in [0.15, 0.2) is 188 Å². The zero-order chi connectivity index (χ0) is 42.7. The largest absolute Gasteiger partial charge is 0.278 e. The van der Waals surface area contributed by atoms with Crippen LogP contribution in [-0.4, -0.2) is 15.0 Å². The lowest BCUT2D eigenvalue weighted by Gasteiger charge is -2.29. The molecule has 4 nitrogen and oxygen atoms in total. The molecule has 0 N–H and O–H groups in total. The maximum Gasteiger partial charge on any atom is 0.238 e. The van der Waals surface area contributed by atoms with Crippen LogP contribution in [0.25, 0.3) is 45.0 Å². The number of hydrogen-bond acceptors (Lipinski definition) is 4. The minimum Gasteiger partial charge on any atom is -0.278 e. The number of hydrogen-bond donors (Lipinski definition) is 0. The monoisotopic (exact) mass is 802 g/mol. The van der Waals surface area contributed by atoms with Crippen molar-refractivity contribution in [3.63, 3.8) is 0 Å². The van der Waals surface area contributed by atoms with Crippen molar-refractivity contribution in [3.8, 4) is 45.0 Å². The number of anilines is 3. The molecule has 0 bridgehead atoms. The van der Waals surface area contributed by atoms with Crippen LogP contribution in [0, 0.1) is 41.5 Å². The van der Waals surface area contributed by atoms with E-state index in [-0.39, 0.29) is 5.92 Å². The van der Waals surface area contributed by atoms with Crippen molar-refractivity contribution >= 4 is 17.3 Å². The van der Waals surface area contributed by atoms with Crippen LogP contribution in [0.3, 0.4) is 0 Å². The summed E-state index contributed by atoms with van der Waals surface area (Å²) in [5.74, 6) is 1.77. The zero-order valence-corrected chi connectivity index (χ0v) is 36.3. The van der Waals surface area contributed by atoms with Crippen molar-refractivity contribution < 1.29 is 0 Å². The molecule has 9 aromatic rings. The van der Waals surface area contributed by atoms with Gasteiger partial charge in [0.05, 0.1) is 5.69 Å². The van der Waals surface area contributed by atoms with Gasteiger partial charge in [-0.15, -0.1) is 0 Å². The van der Waals surface area contributed by atoms with Crippen molar-refractivity contribution in [3.05, 3.63) is 238 Å². The molecule has 1 heterocycles. The van der Waals surface area contributed by atoms with E-state index in [0.29, 0.717) is 17.6 Å². The lowest BCUT2D eigenvalue weighted by molar-refractivity contribution is 0.919. The van der Waals surface area contributed by atoms with E-state index in [2.05, 4.69) is 210 Å². The van der Waals surface area contributed by atoms with Crippen LogP contribution in [0.4, 0.5) is 17.3 Å². The minimum atomic E-state index is 0.0423. The quantitative estimate of drug-likeness (QED) is 0.129. The van der Waals surface area contributed by atoms with E-state index in [1.165, 1.54) is 50.1 Å². The summed E-state index contributed by atoms with van der Waals surface area (Å²) in [6.45, 7) is 13.4. The van der Waals surface area contributed by atoms with Crippen LogP contribution < -0.4 is 4.90 Å². The van der Waals surface area contributed by atoms with Crippen LogP contribution in [0.2, 0.25) is 0 Å². The number of aromatic nitrogens is 3. The van der Waals surface area contributed by atoms with Gasteiger partial charge in [0.25, 0.3) is 0 Å². The lowest BCUT2D eigenvalue weighted by atomic mass is 9.77. The second-order valence-corrected chi connectivity index (χ2v) is 16.5. The lowest BCUT2D eigenvalue weighted by Crippen LogP contribution is -2.16. The number of rotatable bonds is 10. The fourth-order valence-corrected chi connectivity index (χ4v) is 9.26. The number of para-hydroxylation sites is 1. The van der Waals surface area contributed by atoms with Crippen molar-refractivity contribution in [2.75, 3.05) is 4.90 Å². The second-order valence-electron chi connectivity index (χ2n) is 16.5. The molecule has 0 aliphatic rings. The van der Waals surface area contributed by atoms with Gasteiger partial charge >= 0.3 is 0 Å². The third-order valence-corrected chi connectivity index (χ3v) is 11.9. The van der Waals surface area contributed by atoms with E-state index in [9.17, 15) is 0 Å². The van der Waals surface area contributed by atoms with Crippen molar-refractivity contribution in [2.24, 2.45) is 0 Å². The molecule has 0 atom stereocenters. The molecule has 0 fully saturated rings. The highest BCUT2D eigenvalue weighted by Crippen LogP contribution is 2.44. The molecule has 0 radical (unpaired) electrons. The molecule has 1 aromatic heterocycles. The van der Waals surface area contributed by atoms with E-state index in [0.717, 1.165) is 44.8 Å². The van der Waals surface area contributed by atoms with Crippen molar-refractivity contribution in [1.29, 1.82) is 0 Å². The predicted octanol–water partition coefficient (Wildman–Crippen LogP) is 15.0. The van der Waals surface area contributed by atoms with E-state index in [4.69, 9.17) is 15.0 Å². The highest BCUT2D eigenvalue weighted by Gasteiger charge is 2.27. The molecule has 0 amide bonds. The molecule has 0 saturated heterocycles. The molecule has 4 heteroatoms. The molecule has 0 aliphatic carbocycles. The third kappa shape index (κ3) is 8.08. The molecular formula is C58H50N4. The summed E-state index contributed by atoms with van der Waals surface area (Å²) >= 11 is 0. The summed E-state index contributed by atoms with van der Waals surface area (Å²) in [6.07, 6.45) is 0. The SMILES string of the molecule is Cc1cc(C)c(C(c2ccc(N(c3nc(-c4ccccc4)nc(-c4cccc(-c5ccccc5)c4)n3)c3ccccc3-c3ccccc3)cc2)c2c(C)cc(C)cc2C)c(C)c1. The Morgan fingerprint density at radius 3 is 1.39 bits per heavy atom. The van der Waals surface area contributed by atoms with Crippen LogP contribution in [0.1, 0.15) is 56.0 Å². The Morgan fingerprint density at radius 1 is 0.371 bits per heavy atom. The summed E-state index contributed by atoms with van der Waals surface area (Å²) in [6, 6.07) is 66.6. The smallest absolute Gasteiger partial charge is 0.238 e. The van der Waals surface area contributed by atoms with Gasteiger partial charge in [0, 0.05) is 28.3 Å². The van der Waals surface area contributed by atoms with Gasteiger partial charge < -0.3 is 0 Å². The van der Waals surface area contributed by atoms with Gasteiger partial charge in [-0.2, -0.15) is 9.97 Å². The summed E-state index contributed by atoms with van der Waals surface area (Å²) < 4.78 is 0. The summed E-state index contributed by atoms with van der Waals surface area (Å²) in [4.78, 5) is 18.0. The Hall–Kier alpha value is -7.43. The Kier molecular flexibility index (Phi) is 11.1. The minimum absolute atomic E-state index is 0.0423. The molecule has 0 spiro atoms. The Labute approximate surface area is 366 Å². The fourth-order valence-electron chi connectivity index (χ4n) is 9.26. The Bertz CT molecular complexity index is 2910. The number of aryl methyl sites for hydroxylation is 6. The van der Waals surface area contributed by atoms with E-state index in [1.807, 2.05) is 24.3 Å². The van der Waals surface area contributed by atoms with E-state index < -0.39 is 0 Å². The van der Waals surface area contributed by atoms with Gasteiger partial charge in [-0.05, 0) is 121 Å². The second kappa shape index (κ2) is 17.3. The maximum absolute atomic E-state index is 5.37. The van der Waals surface area contributed by atoms with Gasteiger partial charge in [-0.1, -0.05) is 175 Å². The van der Waals surface area contributed by atoms with Gasteiger partial charge in [-0.25, -0.2) is 4.98 Å². The van der Waals surface area contributed by atoms with Gasteiger partial charge in [-0.3, -0.25) is 4.90 Å². The molecule has 302 valence electrons. The highest BCUT2D eigenvalue weighted by molar-refractivity contribution is 5.87. The highest BCUT2D eigenvalue weighted by atomic mass is 15.3. The van der Waals surface area contributed by atoms with Crippen LogP contribution >= 0.6 is 0 Å². The van der Waals surface area contributed by atoms with E-state index in [1.54, 1.807) is 0 Å². The fraction of sp³-hybridized carbons (Fsp3) is 0.121. The summed E-state index contributed by atoms with van der Waals surface area (Å²) in [5.41, 5.74) is 19.9. The standard InChI is InChI=1S/C58H50N4/c1-38-33-40(3)53(41(4)34-38)55(54-42(5)35-39(2)36-43(54)6)46-29-31-50(32-30-46)62(52-28-17-16-27-51(52)45-21-12-8-13-22-45)58-60-56(47-23-14-9-15-24-47)59-57(61-58)49-26-18-25-48(37-49)44-19-10-7-11-20-44/h7-37,55H,1-6H3. The first-order chi connectivity index (χ1) is 30.2. The van der Waals surface area contributed by atoms with Crippen molar-refractivity contribution in [2.45, 2.75) is 47.5 Å². The first-order valence-corrected chi connectivity index (χ1v) is 21.4. The summed E-state index contributed by atoms with van der Waals surface area (Å²) in [5, 5.41) is 0. The molecular weight excluding hydrogens is 753 g/mol. The normalized spacial score (nSPS) is 11.2. The van der Waals surface area contributed by atoms with Crippen LogP contribution in [-0.2, 0) is 0 Å². The average molecular weight is 803 g/mol. The van der Waals surface area contributed by atoms with Crippen molar-refractivity contribution in [1.82, 2.24) is 15.0 Å². The molecule has 9 rings (SSSR count). The topological polar surface area (TPSA) is 41.9 Å². The zero-order valence-electron chi connectivity index (χ0n) is 36.3. The van der Waals surface area contributed by atoms with Gasteiger partial charge in [0.1, 0.15) is 0 Å².